The van der Waals surface area contributed by atoms with E-state index in [0.717, 1.165) is 12.8 Å². The first-order valence-electron chi connectivity index (χ1n) is 5.71. The number of nitrogen functional groups attached to an aromatic ring is 1. The number of carbonyl (C=O) groups is 1. The Bertz CT molecular complexity index is 479. The van der Waals surface area contributed by atoms with Crippen molar-refractivity contribution in [3.8, 4) is 0 Å². The maximum Gasteiger partial charge on any atom is 0.255 e. The number of anilines is 1. The van der Waals surface area contributed by atoms with E-state index in [2.05, 4.69) is 0 Å². The van der Waals surface area contributed by atoms with Crippen LogP contribution < -0.4 is 5.73 Å². The number of halogens is 2. The average molecular weight is 289 g/mol. The number of hydrogen-bond donors (Lipinski definition) is 2. The van der Waals surface area contributed by atoms with Gasteiger partial charge < -0.3 is 15.7 Å². The molecule has 1 fully saturated rings. The number of nitrogens with two attached hydrogens (primary N) is 1. The summed E-state index contributed by atoms with van der Waals surface area (Å²) in [5, 5.41) is 9.70. The molecule has 1 aliphatic rings. The summed E-state index contributed by atoms with van der Waals surface area (Å²) in [6, 6.07) is 2.88. The van der Waals surface area contributed by atoms with Crippen LogP contribution in [0.4, 0.5) is 5.69 Å². The molecule has 0 spiro atoms. The van der Waals surface area contributed by atoms with Crippen LogP contribution in [0.15, 0.2) is 12.1 Å². The maximum absolute atomic E-state index is 12.4. The van der Waals surface area contributed by atoms with E-state index in [-0.39, 0.29) is 28.6 Å². The van der Waals surface area contributed by atoms with Gasteiger partial charge >= 0.3 is 0 Å². The highest BCUT2D eigenvalue weighted by molar-refractivity contribution is 6.44. The molecule has 1 aromatic carbocycles. The van der Waals surface area contributed by atoms with Crippen LogP contribution in [0.2, 0.25) is 10.0 Å². The molecule has 1 heterocycles. The molecular weight excluding hydrogens is 275 g/mol. The van der Waals surface area contributed by atoms with E-state index >= 15 is 0 Å². The van der Waals surface area contributed by atoms with Gasteiger partial charge in [-0.25, -0.2) is 0 Å². The third kappa shape index (κ3) is 2.41. The number of aliphatic hydroxyl groups is 1. The summed E-state index contributed by atoms with van der Waals surface area (Å²) in [6.07, 6.45) is 1.68. The summed E-state index contributed by atoms with van der Waals surface area (Å²) in [5.41, 5.74) is 6.36. The highest BCUT2D eigenvalue weighted by Gasteiger charge is 2.30. The molecule has 1 saturated heterocycles. The molecule has 1 aliphatic heterocycles. The zero-order chi connectivity index (χ0) is 13.3. The van der Waals surface area contributed by atoms with Gasteiger partial charge in [0.15, 0.2) is 0 Å². The zero-order valence-corrected chi connectivity index (χ0v) is 11.2. The molecule has 18 heavy (non-hydrogen) atoms. The summed E-state index contributed by atoms with van der Waals surface area (Å²) >= 11 is 11.9. The van der Waals surface area contributed by atoms with Crippen molar-refractivity contribution in [1.82, 2.24) is 4.90 Å². The molecule has 0 bridgehead atoms. The lowest BCUT2D eigenvalue weighted by molar-refractivity contribution is 0.0678. The third-order valence-corrected chi connectivity index (χ3v) is 3.93. The first kappa shape index (κ1) is 13.5. The largest absolute Gasteiger partial charge is 0.399 e. The minimum atomic E-state index is -0.231. The van der Waals surface area contributed by atoms with E-state index in [9.17, 15) is 9.90 Å². The lowest BCUT2D eigenvalue weighted by Gasteiger charge is -2.23. The molecule has 98 valence electrons. The smallest absolute Gasteiger partial charge is 0.255 e. The van der Waals surface area contributed by atoms with E-state index in [0.29, 0.717) is 17.8 Å². The van der Waals surface area contributed by atoms with Gasteiger partial charge in [-0.05, 0) is 25.0 Å². The Labute approximate surface area is 115 Å². The zero-order valence-electron chi connectivity index (χ0n) is 9.70. The standard InChI is InChI=1S/C12H14Cl2N2O2/c13-10-5-7(15)4-9(11(10)14)12(18)16-3-1-2-8(16)6-17/h4-5,8,17H,1-3,6,15H2. The number of benzene rings is 1. The minimum absolute atomic E-state index is 0.0423. The molecule has 4 nitrogen and oxygen atoms in total. The second-order valence-electron chi connectivity index (χ2n) is 4.34. The Morgan fingerprint density at radius 3 is 2.89 bits per heavy atom. The van der Waals surface area contributed by atoms with E-state index in [1.54, 1.807) is 4.90 Å². The molecule has 1 atom stereocenters. The van der Waals surface area contributed by atoms with Crippen LogP contribution in [-0.2, 0) is 0 Å². The third-order valence-electron chi connectivity index (χ3n) is 3.13. The first-order chi connectivity index (χ1) is 8.54. The Morgan fingerprint density at radius 2 is 2.22 bits per heavy atom. The second kappa shape index (κ2) is 5.34. The van der Waals surface area contributed by atoms with Gasteiger partial charge in [-0.1, -0.05) is 23.2 Å². The van der Waals surface area contributed by atoms with Crippen molar-refractivity contribution in [1.29, 1.82) is 0 Å². The molecule has 1 unspecified atom stereocenters. The Morgan fingerprint density at radius 1 is 1.50 bits per heavy atom. The molecule has 0 saturated carbocycles. The van der Waals surface area contributed by atoms with Crippen molar-refractivity contribution in [3.05, 3.63) is 27.7 Å². The molecule has 1 amide bonds. The van der Waals surface area contributed by atoms with E-state index in [1.807, 2.05) is 0 Å². The summed E-state index contributed by atoms with van der Waals surface area (Å²) < 4.78 is 0. The van der Waals surface area contributed by atoms with Crippen LogP contribution in [0.3, 0.4) is 0 Å². The van der Waals surface area contributed by atoms with Crippen molar-refractivity contribution in [3.63, 3.8) is 0 Å². The van der Waals surface area contributed by atoms with Gasteiger partial charge in [-0.15, -0.1) is 0 Å². The van der Waals surface area contributed by atoms with Crippen LogP contribution in [-0.4, -0.2) is 35.1 Å². The number of aliphatic hydroxyl groups excluding tert-OH is 1. The molecular formula is C12H14Cl2N2O2. The average Bonchev–Trinajstić information content (AvgIpc) is 2.81. The SMILES string of the molecule is Nc1cc(Cl)c(Cl)c(C(=O)N2CCCC2CO)c1. The highest BCUT2D eigenvalue weighted by Crippen LogP contribution is 2.31. The molecule has 6 heteroatoms. The summed E-state index contributed by atoms with van der Waals surface area (Å²) in [5.74, 6) is -0.231. The molecule has 0 radical (unpaired) electrons. The van der Waals surface area contributed by atoms with Crippen molar-refractivity contribution in [2.75, 3.05) is 18.9 Å². The van der Waals surface area contributed by atoms with Crippen LogP contribution in [0, 0.1) is 0 Å². The summed E-state index contributed by atoms with van der Waals surface area (Å²) in [4.78, 5) is 14.0. The predicted octanol–water partition coefficient (Wildman–Crippen LogP) is 2.17. The van der Waals surface area contributed by atoms with Gasteiger partial charge in [0, 0.05) is 12.2 Å². The fourth-order valence-electron chi connectivity index (χ4n) is 2.21. The van der Waals surface area contributed by atoms with Gasteiger partial charge in [0.05, 0.1) is 28.3 Å². The molecule has 0 aromatic heterocycles. The number of amides is 1. The van der Waals surface area contributed by atoms with Crippen molar-refractivity contribution >= 4 is 34.8 Å². The number of rotatable bonds is 2. The second-order valence-corrected chi connectivity index (χ2v) is 5.13. The fraction of sp³-hybridized carbons (Fsp3) is 0.417. The quantitative estimate of drug-likeness (QED) is 0.820. The van der Waals surface area contributed by atoms with Crippen LogP contribution in [0.5, 0.6) is 0 Å². The topological polar surface area (TPSA) is 66.6 Å². The van der Waals surface area contributed by atoms with E-state index in [1.165, 1.54) is 12.1 Å². The monoisotopic (exact) mass is 288 g/mol. The normalized spacial score (nSPS) is 19.3. The van der Waals surface area contributed by atoms with Crippen molar-refractivity contribution < 1.29 is 9.90 Å². The van der Waals surface area contributed by atoms with Crippen molar-refractivity contribution in [2.45, 2.75) is 18.9 Å². The maximum atomic E-state index is 12.4. The lowest BCUT2D eigenvalue weighted by atomic mass is 10.1. The fourth-order valence-corrected chi connectivity index (χ4v) is 2.63. The van der Waals surface area contributed by atoms with E-state index in [4.69, 9.17) is 28.9 Å². The predicted molar refractivity (Wildman–Crippen MR) is 72.0 cm³/mol. The van der Waals surface area contributed by atoms with Gasteiger partial charge in [0.2, 0.25) is 0 Å². The van der Waals surface area contributed by atoms with Crippen molar-refractivity contribution in [2.24, 2.45) is 0 Å². The minimum Gasteiger partial charge on any atom is -0.399 e. The number of nitrogens with zero attached hydrogens (tertiary/aromatic N) is 1. The Balaban J connectivity index is 2.34. The molecule has 3 N–H and O–H groups in total. The Hall–Kier alpha value is -0.970. The van der Waals surface area contributed by atoms with Crippen LogP contribution in [0.1, 0.15) is 23.2 Å². The van der Waals surface area contributed by atoms with Gasteiger partial charge in [0.25, 0.3) is 5.91 Å². The van der Waals surface area contributed by atoms with Crippen LogP contribution in [0.25, 0.3) is 0 Å². The van der Waals surface area contributed by atoms with Gasteiger partial charge in [-0.3, -0.25) is 4.79 Å². The summed E-state index contributed by atoms with van der Waals surface area (Å²) in [7, 11) is 0. The molecule has 0 aliphatic carbocycles. The highest BCUT2D eigenvalue weighted by atomic mass is 35.5. The van der Waals surface area contributed by atoms with Gasteiger partial charge in [0.1, 0.15) is 0 Å². The number of likely N-dealkylation sites (tertiary alicyclic amines) is 1. The number of hydrogen-bond acceptors (Lipinski definition) is 3. The lowest BCUT2D eigenvalue weighted by Crippen LogP contribution is -2.37. The molecule has 1 aromatic rings. The number of carbonyl (C=O) groups excluding carboxylic acids is 1. The first-order valence-corrected chi connectivity index (χ1v) is 6.46. The van der Waals surface area contributed by atoms with Gasteiger partial charge in [-0.2, -0.15) is 0 Å². The summed E-state index contributed by atoms with van der Waals surface area (Å²) in [6.45, 7) is 0.576. The Kier molecular flexibility index (Phi) is 4.00. The van der Waals surface area contributed by atoms with E-state index < -0.39 is 0 Å². The van der Waals surface area contributed by atoms with Crippen LogP contribution >= 0.6 is 23.2 Å². The molecule has 2 rings (SSSR count).